The van der Waals surface area contributed by atoms with Crippen molar-refractivity contribution in [2.45, 2.75) is 26.7 Å². The molecule has 2 aromatic rings. The number of nitrogens with zero attached hydrogens (tertiary/aromatic N) is 1. The minimum atomic E-state index is -0.228. The minimum absolute atomic E-state index is 0.228. The molecular formula is C17H22N4O. The molecule has 1 fully saturated rings. The molecule has 0 atom stereocenters. The summed E-state index contributed by atoms with van der Waals surface area (Å²) in [6.45, 7) is 5.60. The second-order valence-electron chi connectivity index (χ2n) is 5.89. The molecule has 116 valence electrons. The topological polar surface area (TPSA) is 66.1 Å². The standard InChI is InChI=1S/C17H22N4O/c1-3-18-17(22)21-16-8-13-7-14(19-9-12-4-5-12)6-11(2)15(13)10-20-16/h6-8,10,12,19H,3-5,9H2,1-2H3,(H2,18,20,21,22). The molecule has 1 heterocycles. The average molecular weight is 298 g/mol. The molecule has 5 nitrogen and oxygen atoms in total. The van der Waals surface area contributed by atoms with Gasteiger partial charge in [-0.05, 0) is 61.8 Å². The molecule has 1 aliphatic rings. The quantitative estimate of drug-likeness (QED) is 0.791. The van der Waals surface area contributed by atoms with Crippen molar-refractivity contribution in [3.63, 3.8) is 0 Å². The number of rotatable bonds is 5. The maximum Gasteiger partial charge on any atom is 0.320 e. The number of fused-ring (bicyclic) bond motifs is 1. The van der Waals surface area contributed by atoms with Gasteiger partial charge in [0.25, 0.3) is 0 Å². The van der Waals surface area contributed by atoms with E-state index >= 15 is 0 Å². The van der Waals surface area contributed by atoms with Crippen molar-refractivity contribution in [1.29, 1.82) is 0 Å². The summed E-state index contributed by atoms with van der Waals surface area (Å²) in [5, 5.41) is 11.1. The normalized spacial score (nSPS) is 13.9. The molecule has 0 radical (unpaired) electrons. The van der Waals surface area contributed by atoms with Gasteiger partial charge in [0, 0.05) is 30.4 Å². The molecule has 22 heavy (non-hydrogen) atoms. The van der Waals surface area contributed by atoms with Gasteiger partial charge in [0.1, 0.15) is 5.82 Å². The number of aromatic nitrogens is 1. The SMILES string of the molecule is CCNC(=O)Nc1cc2cc(NCC3CC3)cc(C)c2cn1. The second-order valence-corrected chi connectivity index (χ2v) is 5.89. The number of carbonyl (C=O) groups is 1. The summed E-state index contributed by atoms with van der Waals surface area (Å²) in [6.07, 6.45) is 4.49. The number of anilines is 2. The van der Waals surface area contributed by atoms with Gasteiger partial charge in [0.15, 0.2) is 0 Å². The molecule has 1 aromatic carbocycles. The molecule has 3 rings (SSSR count). The molecule has 1 aliphatic carbocycles. The third-order valence-electron chi connectivity index (χ3n) is 3.91. The minimum Gasteiger partial charge on any atom is -0.385 e. The highest BCUT2D eigenvalue weighted by Crippen LogP contribution is 2.30. The molecule has 0 spiro atoms. The molecule has 0 aliphatic heterocycles. The van der Waals surface area contributed by atoms with E-state index < -0.39 is 0 Å². The lowest BCUT2D eigenvalue weighted by Gasteiger charge is -2.11. The Hall–Kier alpha value is -2.30. The van der Waals surface area contributed by atoms with Gasteiger partial charge >= 0.3 is 6.03 Å². The first kappa shape index (κ1) is 14.6. The zero-order valence-corrected chi connectivity index (χ0v) is 13.1. The largest absolute Gasteiger partial charge is 0.385 e. The summed E-state index contributed by atoms with van der Waals surface area (Å²) in [5.41, 5.74) is 2.32. The van der Waals surface area contributed by atoms with Crippen LogP contribution >= 0.6 is 0 Å². The van der Waals surface area contributed by atoms with E-state index in [0.717, 1.165) is 28.9 Å². The second kappa shape index (κ2) is 6.22. The maximum atomic E-state index is 11.6. The predicted molar refractivity (Wildman–Crippen MR) is 90.4 cm³/mol. The number of hydrogen-bond donors (Lipinski definition) is 3. The van der Waals surface area contributed by atoms with E-state index in [9.17, 15) is 4.79 Å². The fourth-order valence-corrected chi connectivity index (χ4v) is 2.52. The van der Waals surface area contributed by atoms with Crippen molar-refractivity contribution in [2.24, 2.45) is 5.92 Å². The highest BCUT2D eigenvalue weighted by atomic mass is 16.2. The van der Waals surface area contributed by atoms with Crippen LogP contribution in [0.5, 0.6) is 0 Å². The van der Waals surface area contributed by atoms with Gasteiger partial charge in [-0.3, -0.25) is 5.32 Å². The van der Waals surface area contributed by atoms with Crippen LogP contribution in [0.4, 0.5) is 16.3 Å². The summed E-state index contributed by atoms with van der Waals surface area (Å²) >= 11 is 0. The van der Waals surface area contributed by atoms with Gasteiger partial charge in [0.2, 0.25) is 0 Å². The van der Waals surface area contributed by atoms with E-state index in [1.54, 1.807) is 0 Å². The molecule has 2 amide bonds. The van der Waals surface area contributed by atoms with Crippen molar-refractivity contribution in [2.75, 3.05) is 23.7 Å². The van der Waals surface area contributed by atoms with Gasteiger partial charge in [0.05, 0.1) is 0 Å². The number of carbonyl (C=O) groups excluding carboxylic acids is 1. The van der Waals surface area contributed by atoms with Crippen LogP contribution in [0, 0.1) is 12.8 Å². The van der Waals surface area contributed by atoms with E-state index in [-0.39, 0.29) is 6.03 Å². The number of hydrogen-bond acceptors (Lipinski definition) is 3. The lowest BCUT2D eigenvalue weighted by Crippen LogP contribution is -2.28. The van der Waals surface area contributed by atoms with Crippen molar-refractivity contribution < 1.29 is 4.79 Å². The third kappa shape index (κ3) is 3.47. The number of amides is 2. The Kier molecular flexibility index (Phi) is 4.13. The van der Waals surface area contributed by atoms with Crippen molar-refractivity contribution in [3.05, 3.63) is 30.0 Å². The average Bonchev–Trinajstić information content (AvgIpc) is 3.29. The highest BCUT2D eigenvalue weighted by Gasteiger charge is 2.20. The zero-order chi connectivity index (χ0) is 15.5. The van der Waals surface area contributed by atoms with Crippen LogP contribution < -0.4 is 16.0 Å². The molecule has 0 saturated heterocycles. The number of nitrogens with one attached hydrogen (secondary N) is 3. The Bertz CT molecular complexity index is 694. The Morgan fingerprint density at radius 2 is 2.14 bits per heavy atom. The number of urea groups is 1. The van der Waals surface area contributed by atoms with Gasteiger partial charge < -0.3 is 10.6 Å². The van der Waals surface area contributed by atoms with E-state index in [0.29, 0.717) is 12.4 Å². The fraction of sp³-hybridized carbons (Fsp3) is 0.412. The maximum absolute atomic E-state index is 11.6. The summed E-state index contributed by atoms with van der Waals surface area (Å²) < 4.78 is 0. The van der Waals surface area contributed by atoms with Crippen LogP contribution in [0.3, 0.4) is 0 Å². The Morgan fingerprint density at radius 1 is 1.32 bits per heavy atom. The Balaban J connectivity index is 1.82. The van der Waals surface area contributed by atoms with Gasteiger partial charge in [-0.2, -0.15) is 0 Å². The Labute approximate surface area is 130 Å². The summed E-state index contributed by atoms with van der Waals surface area (Å²) in [6, 6.07) is 5.97. The van der Waals surface area contributed by atoms with Crippen molar-refractivity contribution in [1.82, 2.24) is 10.3 Å². The van der Waals surface area contributed by atoms with E-state index in [4.69, 9.17) is 0 Å². The first-order chi connectivity index (χ1) is 10.7. The Morgan fingerprint density at radius 3 is 2.86 bits per heavy atom. The highest BCUT2D eigenvalue weighted by molar-refractivity contribution is 5.94. The molecule has 0 bridgehead atoms. The molecule has 5 heteroatoms. The molecule has 1 aromatic heterocycles. The zero-order valence-electron chi connectivity index (χ0n) is 13.1. The van der Waals surface area contributed by atoms with Crippen LogP contribution in [0.2, 0.25) is 0 Å². The first-order valence-corrected chi connectivity index (χ1v) is 7.85. The number of pyridine rings is 1. The fourth-order valence-electron chi connectivity index (χ4n) is 2.52. The molecule has 3 N–H and O–H groups in total. The lowest BCUT2D eigenvalue weighted by atomic mass is 10.1. The van der Waals surface area contributed by atoms with E-state index in [1.165, 1.54) is 18.4 Å². The summed E-state index contributed by atoms with van der Waals surface area (Å²) in [7, 11) is 0. The van der Waals surface area contributed by atoms with E-state index in [1.807, 2.05) is 19.2 Å². The van der Waals surface area contributed by atoms with Crippen LogP contribution in [0.1, 0.15) is 25.3 Å². The van der Waals surface area contributed by atoms with Crippen LogP contribution in [-0.2, 0) is 0 Å². The third-order valence-corrected chi connectivity index (χ3v) is 3.91. The molecular weight excluding hydrogens is 276 g/mol. The predicted octanol–water partition coefficient (Wildman–Crippen LogP) is 3.51. The van der Waals surface area contributed by atoms with Crippen LogP contribution in [0.25, 0.3) is 10.8 Å². The summed E-state index contributed by atoms with van der Waals surface area (Å²) in [5.74, 6) is 1.40. The molecule has 0 unspecified atom stereocenters. The molecule has 1 saturated carbocycles. The number of aryl methyl sites for hydroxylation is 1. The van der Waals surface area contributed by atoms with Crippen molar-refractivity contribution in [3.8, 4) is 0 Å². The van der Waals surface area contributed by atoms with Gasteiger partial charge in [-0.1, -0.05) is 0 Å². The summed E-state index contributed by atoms with van der Waals surface area (Å²) in [4.78, 5) is 15.9. The monoisotopic (exact) mass is 298 g/mol. The lowest BCUT2D eigenvalue weighted by molar-refractivity contribution is 0.252. The van der Waals surface area contributed by atoms with E-state index in [2.05, 4.69) is 40.0 Å². The first-order valence-electron chi connectivity index (χ1n) is 7.85. The van der Waals surface area contributed by atoms with Crippen molar-refractivity contribution >= 4 is 28.3 Å². The van der Waals surface area contributed by atoms with Gasteiger partial charge in [-0.25, -0.2) is 9.78 Å². The number of benzene rings is 1. The van der Waals surface area contributed by atoms with Crippen LogP contribution in [0.15, 0.2) is 24.4 Å². The smallest absolute Gasteiger partial charge is 0.320 e. The van der Waals surface area contributed by atoms with Crippen LogP contribution in [-0.4, -0.2) is 24.1 Å². The van der Waals surface area contributed by atoms with Gasteiger partial charge in [-0.15, -0.1) is 0 Å².